The van der Waals surface area contributed by atoms with Gasteiger partial charge in [-0.25, -0.2) is 18.4 Å². The van der Waals surface area contributed by atoms with Crippen LogP contribution in [0.1, 0.15) is 39.1 Å². The van der Waals surface area contributed by atoms with E-state index in [1.54, 1.807) is 30.5 Å². The Bertz CT molecular complexity index is 2810. The maximum Gasteiger partial charge on any atom is 0.266 e. The second-order valence-corrected chi connectivity index (χ2v) is 19.3. The molecule has 6 aromatic rings. The zero-order valence-electron chi connectivity index (χ0n) is 37.6. The van der Waals surface area contributed by atoms with Crippen molar-refractivity contribution in [3.05, 3.63) is 102 Å². The topological polar surface area (TPSA) is 181 Å². The van der Waals surface area contributed by atoms with Crippen LogP contribution in [0.4, 0.5) is 28.7 Å². The normalized spacial score (nSPS) is 14.8. The highest BCUT2D eigenvalue weighted by atomic mass is 79.9. The Kier molecular flexibility index (Phi) is 16.2. The van der Waals surface area contributed by atoms with Gasteiger partial charge in [-0.3, -0.25) is 18.7 Å². The number of benzene rings is 2. The molecule has 3 N–H and O–H groups in total. The van der Waals surface area contributed by atoms with Crippen molar-refractivity contribution in [2.75, 3.05) is 92.6 Å². The summed E-state index contributed by atoms with van der Waals surface area (Å²) in [5.41, 5.74) is 12.0. The van der Waals surface area contributed by atoms with Crippen LogP contribution in [0.2, 0.25) is 0 Å². The van der Waals surface area contributed by atoms with Crippen LogP contribution < -0.4 is 32.0 Å². The van der Waals surface area contributed by atoms with Crippen LogP contribution in [0.25, 0.3) is 22.1 Å². The lowest BCUT2D eigenvalue weighted by Gasteiger charge is -2.35. The lowest BCUT2D eigenvalue weighted by Crippen LogP contribution is -2.46. The van der Waals surface area contributed by atoms with E-state index in [-0.39, 0.29) is 16.3 Å². The van der Waals surface area contributed by atoms with Gasteiger partial charge in [0.1, 0.15) is 11.3 Å². The van der Waals surface area contributed by atoms with E-state index < -0.39 is 9.84 Å². The molecule has 2 aliphatic rings. The molecule has 0 atom stereocenters. The second-order valence-electron chi connectivity index (χ2n) is 15.7. The number of hydrogen-bond acceptors (Lipinski definition) is 14. The summed E-state index contributed by atoms with van der Waals surface area (Å²) in [6.45, 7) is 23.9. The molecule has 0 spiro atoms. The lowest BCUT2D eigenvalue weighted by atomic mass is 10.2. The third-order valence-electron chi connectivity index (χ3n) is 11.5. The van der Waals surface area contributed by atoms with Crippen LogP contribution in [-0.4, -0.2) is 119 Å². The Morgan fingerprint density at radius 1 is 0.609 bits per heavy atom. The molecule has 342 valence electrons. The number of nitrogens with two attached hydrogens (primary N) is 1. The summed E-state index contributed by atoms with van der Waals surface area (Å²) in [6.07, 6.45) is 1.04. The van der Waals surface area contributed by atoms with Gasteiger partial charge < -0.3 is 30.7 Å². The predicted octanol–water partition coefficient (Wildman–Crippen LogP) is 6.46. The zero-order chi connectivity index (χ0) is 46.3. The number of pyridine rings is 2. The van der Waals surface area contributed by atoms with Crippen molar-refractivity contribution in [2.45, 2.75) is 59.8 Å². The molecule has 6 heterocycles. The van der Waals surface area contributed by atoms with Crippen molar-refractivity contribution in [3.8, 4) is 0 Å². The number of nitrogens with one attached hydrogen (secondary N) is 1. The van der Waals surface area contributed by atoms with E-state index in [4.69, 9.17) is 5.73 Å². The SMILES string of the molecule is CCN1CCN(c2ccc(N)cc2)CC1.CCN1CCN(c2ccc(Nc3nc(C)c4cc(Br)c(=O)n(CC)c4n3)cc2)CC1.CCn1c(=O)c(Br)cc2c(C)nc(S(C)(=O)=O)nc21. The van der Waals surface area contributed by atoms with E-state index in [9.17, 15) is 18.0 Å². The van der Waals surface area contributed by atoms with E-state index in [0.717, 1.165) is 81.1 Å². The van der Waals surface area contributed by atoms with Crippen LogP contribution in [0.15, 0.2) is 84.4 Å². The fourth-order valence-corrected chi connectivity index (χ4v) is 9.15. The molecular weight excluding hydrogens is 964 g/mol. The monoisotopic (exact) mass is 1020 g/mol. The smallest absolute Gasteiger partial charge is 0.266 e. The third-order valence-corrected chi connectivity index (χ3v) is 13.5. The van der Waals surface area contributed by atoms with Gasteiger partial charge in [0.05, 0.1) is 20.3 Å². The largest absolute Gasteiger partial charge is 0.399 e. The van der Waals surface area contributed by atoms with E-state index in [2.05, 4.69) is 127 Å². The molecule has 0 amide bonds. The van der Waals surface area contributed by atoms with Gasteiger partial charge in [0.2, 0.25) is 20.9 Å². The van der Waals surface area contributed by atoms with Crippen LogP contribution in [0.3, 0.4) is 0 Å². The van der Waals surface area contributed by atoms with E-state index in [0.29, 0.717) is 50.4 Å². The van der Waals surface area contributed by atoms with E-state index in [1.807, 2.05) is 26.0 Å². The number of nitrogen functional groups attached to an aromatic ring is 1. The standard InChI is InChI=1S/C22H27BrN6O.C12H19N3.C11H12BrN3O3S/c1-4-27-10-12-28(13-11-27)17-8-6-16(7-9-17)25-22-24-15(3)18-14-19(23)21(30)29(5-2)20(18)26-22;1-2-14-7-9-15(10-8-14)12-5-3-11(13)4-6-12;1-4-15-9-7(5-8(12)10(15)16)6(2)13-11(14-9)19(3,17)18/h6-9,14H,4-5,10-13H2,1-3H3,(H,24,25,26);3-6H,2,7-10,13H2,1H3;5H,4H2,1-3H3. The highest BCUT2D eigenvalue weighted by Gasteiger charge is 2.19. The van der Waals surface area contributed by atoms with Crippen LogP contribution in [0, 0.1) is 13.8 Å². The number of piperazine rings is 2. The Morgan fingerprint density at radius 3 is 1.45 bits per heavy atom. The van der Waals surface area contributed by atoms with Gasteiger partial charge in [0, 0.05) is 105 Å². The number of aryl methyl sites for hydroxylation is 4. The number of halogens is 2. The first-order valence-electron chi connectivity index (χ1n) is 21.6. The van der Waals surface area contributed by atoms with Gasteiger partial charge in [-0.15, -0.1) is 0 Å². The number of aromatic nitrogens is 6. The van der Waals surface area contributed by atoms with Crippen LogP contribution in [-0.2, 0) is 22.9 Å². The molecule has 0 bridgehead atoms. The fourth-order valence-electron chi connectivity index (χ4n) is 7.71. The minimum absolute atomic E-state index is 0.0819. The van der Waals surface area contributed by atoms with Crippen molar-refractivity contribution >= 4 is 92.5 Å². The molecule has 4 aromatic heterocycles. The Balaban J connectivity index is 0.000000172. The molecule has 64 heavy (non-hydrogen) atoms. The summed E-state index contributed by atoms with van der Waals surface area (Å²) < 4.78 is 27.1. The summed E-state index contributed by atoms with van der Waals surface area (Å²) in [5, 5.41) is 4.55. The molecule has 0 saturated carbocycles. The first kappa shape index (κ1) is 48.5. The third kappa shape index (κ3) is 11.5. The van der Waals surface area contributed by atoms with Crippen molar-refractivity contribution in [3.63, 3.8) is 0 Å². The minimum atomic E-state index is -3.51. The van der Waals surface area contributed by atoms with Gasteiger partial charge in [0.15, 0.2) is 0 Å². The molecule has 2 saturated heterocycles. The number of rotatable bonds is 9. The highest BCUT2D eigenvalue weighted by molar-refractivity contribution is 9.10. The summed E-state index contributed by atoms with van der Waals surface area (Å²) in [7, 11) is -3.51. The van der Waals surface area contributed by atoms with Gasteiger partial charge in [-0.1, -0.05) is 13.8 Å². The number of anilines is 5. The molecule has 16 nitrogen and oxygen atoms in total. The summed E-state index contributed by atoms with van der Waals surface area (Å²) in [5.74, 6) is 0.494. The average Bonchev–Trinajstić information content (AvgIpc) is 3.29. The Labute approximate surface area is 391 Å². The van der Waals surface area contributed by atoms with E-state index in [1.165, 1.54) is 29.0 Å². The average molecular weight is 1020 g/mol. The fraction of sp³-hybridized carbons (Fsp3) is 0.422. The molecule has 2 aliphatic heterocycles. The molecule has 0 aliphatic carbocycles. The molecule has 0 radical (unpaired) electrons. The van der Waals surface area contributed by atoms with Crippen molar-refractivity contribution in [1.29, 1.82) is 0 Å². The molecule has 2 aromatic carbocycles. The van der Waals surface area contributed by atoms with Crippen LogP contribution in [0.5, 0.6) is 0 Å². The predicted molar refractivity (Wildman–Crippen MR) is 266 cm³/mol. The summed E-state index contributed by atoms with van der Waals surface area (Å²) in [6, 6.07) is 20.0. The quantitative estimate of drug-likeness (QED) is 0.119. The Hall–Kier alpha value is -4.95. The number of hydrogen-bond donors (Lipinski definition) is 2. The first-order chi connectivity index (χ1) is 30.5. The molecular formula is C45H58Br2N12O4S. The van der Waals surface area contributed by atoms with Crippen molar-refractivity contribution in [1.82, 2.24) is 38.9 Å². The highest BCUT2D eigenvalue weighted by Crippen LogP contribution is 2.25. The minimum Gasteiger partial charge on any atom is -0.399 e. The van der Waals surface area contributed by atoms with Gasteiger partial charge in [-0.2, -0.15) is 9.97 Å². The van der Waals surface area contributed by atoms with E-state index >= 15 is 0 Å². The van der Waals surface area contributed by atoms with Gasteiger partial charge >= 0.3 is 0 Å². The van der Waals surface area contributed by atoms with Crippen molar-refractivity contribution < 1.29 is 8.42 Å². The lowest BCUT2D eigenvalue weighted by molar-refractivity contribution is 0.271. The second kappa shape index (κ2) is 21.4. The Morgan fingerprint density at radius 2 is 1.03 bits per heavy atom. The zero-order valence-corrected chi connectivity index (χ0v) is 41.6. The molecule has 2 fully saturated rings. The number of nitrogens with zero attached hydrogens (tertiary/aromatic N) is 10. The first-order valence-corrected chi connectivity index (χ1v) is 25.0. The van der Waals surface area contributed by atoms with Gasteiger partial charge in [-0.05, 0) is 133 Å². The van der Waals surface area contributed by atoms with Crippen molar-refractivity contribution in [2.24, 2.45) is 0 Å². The summed E-state index contributed by atoms with van der Waals surface area (Å²) in [4.78, 5) is 51.5. The molecule has 0 unspecified atom stereocenters. The number of fused-ring (bicyclic) bond motifs is 2. The molecule has 8 rings (SSSR count). The maximum atomic E-state index is 12.4. The number of sulfone groups is 1. The number of likely N-dealkylation sites (N-methyl/N-ethyl adjacent to an activating group) is 2. The van der Waals surface area contributed by atoms with Crippen LogP contribution >= 0.6 is 31.9 Å². The molecule has 19 heteroatoms. The van der Waals surface area contributed by atoms with Gasteiger partial charge in [0.25, 0.3) is 11.1 Å². The summed E-state index contributed by atoms with van der Waals surface area (Å²) >= 11 is 6.54. The maximum absolute atomic E-state index is 12.4.